The Morgan fingerprint density at radius 1 is 0.929 bits per heavy atom. The maximum atomic E-state index is 9.43. The van der Waals surface area contributed by atoms with Crippen LogP contribution in [0.4, 0.5) is 0 Å². The first-order valence-corrected chi connectivity index (χ1v) is 11.2. The molecule has 0 aliphatic carbocycles. The normalized spacial score (nSPS) is 24.5. The molecule has 154 valence electrons. The molecule has 3 saturated heterocycles. The summed E-state index contributed by atoms with van der Waals surface area (Å²) in [6.45, 7) is 9.78. The molecular formula is C22H36N6. The number of nitrogens with one attached hydrogen (secondary N) is 1. The van der Waals surface area contributed by atoms with Crippen LogP contribution in [-0.4, -0.2) is 72.6 Å². The third-order valence-corrected chi connectivity index (χ3v) is 6.71. The molecule has 0 amide bonds. The summed E-state index contributed by atoms with van der Waals surface area (Å²) < 4.78 is 0. The van der Waals surface area contributed by atoms with Gasteiger partial charge in [-0.2, -0.15) is 10.5 Å². The summed E-state index contributed by atoms with van der Waals surface area (Å²) >= 11 is 0. The molecular weight excluding hydrogens is 348 g/mol. The van der Waals surface area contributed by atoms with E-state index in [1.165, 1.54) is 51.7 Å². The zero-order valence-electron chi connectivity index (χ0n) is 17.5. The summed E-state index contributed by atoms with van der Waals surface area (Å²) in [5.41, 5.74) is 0.228. The quantitative estimate of drug-likeness (QED) is 0.538. The van der Waals surface area contributed by atoms with Crippen molar-refractivity contribution in [1.29, 1.82) is 10.5 Å². The predicted octanol–water partition coefficient (Wildman–Crippen LogP) is 2.66. The van der Waals surface area contributed by atoms with Crippen molar-refractivity contribution in [2.45, 2.75) is 70.4 Å². The maximum Gasteiger partial charge on any atom is 0.169 e. The molecule has 3 heterocycles. The Morgan fingerprint density at radius 2 is 1.64 bits per heavy atom. The van der Waals surface area contributed by atoms with Gasteiger partial charge in [0, 0.05) is 31.7 Å². The van der Waals surface area contributed by atoms with Crippen molar-refractivity contribution >= 4 is 0 Å². The molecule has 0 saturated carbocycles. The van der Waals surface area contributed by atoms with Gasteiger partial charge in [-0.3, -0.25) is 4.90 Å². The highest BCUT2D eigenvalue weighted by atomic mass is 15.3. The summed E-state index contributed by atoms with van der Waals surface area (Å²) in [6.07, 6.45) is 9.92. The van der Waals surface area contributed by atoms with Gasteiger partial charge in [0.1, 0.15) is 18.0 Å². The molecule has 3 aliphatic heterocycles. The standard InChI is InChI=1S/C22H36N6/c1-19-7-5-14-28(19)21-8-15-27(16-9-21)22(20(17-23)18-24)25-10-6-13-26-11-3-2-4-12-26/h19,21,25H,2-16H2,1H3. The number of hydrogen-bond acceptors (Lipinski definition) is 6. The van der Waals surface area contributed by atoms with Crippen LogP contribution in [0.1, 0.15) is 58.3 Å². The number of hydrogen-bond donors (Lipinski definition) is 1. The fraction of sp³-hybridized carbons (Fsp3) is 0.818. The van der Waals surface area contributed by atoms with Crippen molar-refractivity contribution in [3.05, 3.63) is 11.4 Å². The van der Waals surface area contributed by atoms with Crippen LogP contribution in [0, 0.1) is 22.7 Å². The van der Waals surface area contributed by atoms with Crippen molar-refractivity contribution in [1.82, 2.24) is 20.0 Å². The van der Waals surface area contributed by atoms with Crippen LogP contribution in [-0.2, 0) is 0 Å². The lowest BCUT2D eigenvalue weighted by Gasteiger charge is -2.40. The Labute approximate surface area is 170 Å². The molecule has 3 fully saturated rings. The van der Waals surface area contributed by atoms with E-state index in [1.807, 2.05) is 0 Å². The van der Waals surface area contributed by atoms with E-state index in [0.717, 1.165) is 51.3 Å². The van der Waals surface area contributed by atoms with E-state index in [9.17, 15) is 10.5 Å². The second kappa shape index (κ2) is 10.7. The molecule has 6 heteroatoms. The van der Waals surface area contributed by atoms with Gasteiger partial charge in [0.25, 0.3) is 0 Å². The van der Waals surface area contributed by atoms with E-state index >= 15 is 0 Å². The summed E-state index contributed by atoms with van der Waals surface area (Å²) in [5, 5.41) is 22.3. The van der Waals surface area contributed by atoms with E-state index in [1.54, 1.807) is 0 Å². The second-order valence-corrected chi connectivity index (χ2v) is 8.58. The third-order valence-electron chi connectivity index (χ3n) is 6.71. The lowest BCUT2D eigenvalue weighted by atomic mass is 10.0. The minimum Gasteiger partial charge on any atom is -0.370 e. The first kappa shape index (κ1) is 21.0. The van der Waals surface area contributed by atoms with E-state index in [0.29, 0.717) is 12.1 Å². The maximum absolute atomic E-state index is 9.43. The van der Waals surface area contributed by atoms with Gasteiger partial charge in [-0.1, -0.05) is 6.42 Å². The molecule has 1 N–H and O–H groups in total. The molecule has 1 unspecified atom stereocenters. The summed E-state index contributed by atoms with van der Waals surface area (Å²) in [7, 11) is 0. The minimum atomic E-state index is 0.228. The molecule has 0 radical (unpaired) electrons. The molecule has 0 aromatic carbocycles. The van der Waals surface area contributed by atoms with Crippen LogP contribution in [0.25, 0.3) is 0 Å². The largest absolute Gasteiger partial charge is 0.370 e. The van der Waals surface area contributed by atoms with Gasteiger partial charge in [-0.15, -0.1) is 0 Å². The topological polar surface area (TPSA) is 69.3 Å². The molecule has 6 nitrogen and oxygen atoms in total. The number of piperidine rings is 2. The summed E-state index contributed by atoms with van der Waals surface area (Å²) in [5.74, 6) is 0.761. The number of nitriles is 2. The van der Waals surface area contributed by atoms with Gasteiger partial charge >= 0.3 is 0 Å². The molecule has 0 spiro atoms. The van der Waals surface area contributed by atoms with Crippen molar-refractivity contribution in [3.63, 3.8) is 0 Å². The van der Waals surface area contributed by atoms with Crippen molar-refractivity contribution in [2.75, 3.05) is 45.8 Å². The average molecular weight is 385 g/mol. The predicted molar refractivity (Wildman–Crippen MR) is 111 cm³/mol. The lowest BCUT2D eigenvalue weighted by Crippen LogP contribution is -2.47. The van der Waals surface area contributed by atoms with Gasteiger partial charge in [0.05, 0.1) is 0 Å². The van der Waals surface area contributed by atoms with Gasteiger partial charge < -0.3 is 15.1 Å². The number of allylic oxidation sites excluding steroid dienone is 1. The number of likely N-dealkylation sites (tertiary alicyclic amines) is 3. The monoisotopic (exact) mass is 384 g/mol. The van der Waals surface area contributed by atoms with Crippen LogP contribution in [0.5, 0.6) is 0 Å². The van der Waals surface area contributed by atoms with Crippen molar-refractivity contribution in [2.24, 2.45) is 0 Å². The van der Waals surface area contributed by atoms with Gasteiger partial charge in [0.15, 0.2) is 5.57 Å². The van der Waals surface area contributed by atoms with Gasteiger partial charge in [0.2, 0.25) is 0 Å². The third kappa shape index (κ3) is 5.40. The Hall–Kier alpha value is -1.76. The molecule has 3 aliphatic rings. The Balaban J connectivity index is 1.50. The Bertz CT molecular complexity index is 585. The summed E-state index contributed by atoms with van der Waals surface area (Å²) in [6, 6.07) is 5.57. The summed E-state index contributed by atoms with van der Waals surface area (Å²) in [4.78, 5) is 7.44. The molecule has 0 aromatic heterocycles. The van der Waals surface area contributed by atoms with Crippen LogP contribution < -0.4 is 5.32 Å². The van der Waals surface area contributed by atoms with Crippen LogP contribution >= 0.6 is 0 Å². The minimum absolute atomic E-state index is 0.228. The first-order chi connectivity index (χ1) is 13.7. The Morgan fingerprint density at radius 3 is 2.25 bits per heavy atom. The van der Waals surface area contributed by atoms with Gasteiger partial charge in [-0.05, 0) is 78.0 Å². The second-order valence-electron chi connectivity index (χ2n) is 8.58. The highest BCUT2D eigenvalue weighted by molar-refractivity contribution is 5.39. The number of nitrogens with zero attached hydrogens (tertiary/aromatic N) is 5. The molecule has 0 bridgehead atoms. The zero-order valence-corrected chi connectivity index (χ0v) is 17.5. The highest BCUT2D eigenvalue weighted by Gasteiger charge is 2.31. The molecule has 3 rings (SSSR count). The Kier molecular flexibility index (Phi) is 8.01. The first-order valence-electron chi connectivity index (χ1n) is 11.2. The molecule has 1 atom stereocenters. The highest BCUT2D eigenvalue weighted by Crippen LogP contribution is 2.27. The van der Waals surface area contributed by atoms with Crippen LogP contribution in [0.15, 0.2) is 11.4 Å². The average Bonchev–Trinajstić information content (AvgIpc) is 3.17. The van der Waals surface area contributed by atoms with Crippen LogP contribution in [0.2, 0.25) is 0 Å². The fourth-order valence-corrected chi connectivity index (χ4v) is 5.10. The number of rotatable bonds is 7. The molecule has 28 heavy (non-hydrogen) atoms. The van der Waals surface area contributed by atoms with E-state index in [4.69, 9.17) is 0 Å². The van der Waals surface area contributed by atoms with Gasteiger partial charge in [-0.25, -0.2) is 0 Å². The lowest BCUT2D eigenvalue weighted by molar-refractivity contribution is 0.115. The fourth-order valence-electron chi connectivity index (χ4n) is 5.10. The van der Waals surface area contributed by atoms with Crippen molar-refractivity contribution in [3.8, 4) is 12.1 Å². The van der Waals surface area contributed by atoms with E-state index < -0.39 is 0 Å². The smallest absolute Gasteiger partial charge is 0.169 e. The van der Waals surface area contributed by atoms with E-state index in [-0.39, 0.29) is 5.57 Å². The van der Waals surface area contributed by atoms with Crippen LogP contribution in [0.3, 0.4) is 0 Å². The van der Waals surface area contributed by atoms with Crippen molar-refractivity contribution < 1.29 is 0 Å². The zero-order chi connectivity index (χ0) is 19.8. The van der Waals surface area contributed by atoms with E-state index in [2.05, 4.69) is 39.1 Å². The molecule has 0 aromatic rings. The SMILES string of the molecule is CC1CCCN1C1CCN(C(NCCCN2CCCCC2)=C(C#N)C#N)CC1.